The summed E-state index contributed by atoms with van der Waals surface area (Å²) in [5.41, 5.74) is 2.78. The van der Waals surface area contributed by atoms with E-state index >= 15 is 0 Å². The van der Waals surface area contributed by atoms with Crippen LogP contribution < -0.4 is 10.1 Å². The van der Waals surface area contributed by atoms with Gasteiger partial charge in [0.2, 0.25) is 0 Å². The summed E-state index contributed by atoms with van der Waals surface area (Å²) in [5.74, 6) is 2.28. The molecule has 0 aliphatic rings. The Balaban J connectivity index is 2.10. The van der Waals surface area contributed by atoms with E-state index in [0.717, 1.165) is 39.8 Å². The van der Waals surface area contributed by atoms with Crippen LogP contribution in [-0.2, 0) is 0 Å². The molecule has 0 aliphatic carbocycles. The Morgan fingerprint density at radius 2 is 1.95 bits per heavy atom. The summed E-state index contributed by atoms with van der Waals surface area (Å²) in [6, 6.07) is 9.80. The molecule has 0 bridgehead atoms. The monoisotopic (exact) mass is 268 g/mol. The maximum Gasteiger partial charge on any atom is 0.143 e. The Morgan fingerprint density at radius 3 is 2.75 bits per heavy atom. The zero-order chi connectivity index (χ0) is 14.1. The Kier molecular flexibility index (Phi) is 3.02. The minimum atomic E-state index is 0.719. The van der Waals surface area contributed by atoms with Crippen molar-refractivity contribution >= 4 is 22.5 Å². The molecule has 3 rings (SSSR count). The first-order valence-corrected chi connectivity index (χ1v) is 6.41. The number of benzene rings is 1. The quantitative estimate of drug-likeness (QED) is 0.764. The first kappa shape index (κ1) is 12.5. The van der Waals surface area contributed by atoms with E-state index in [0.29, 0.717) is 0 Å². The molecule has 0 amide bonds. The highest BCUT2D eigenvalue weighted by Gasteiger charge is 2.10. The van der Waals surface area contributed by atoms with Gasteiger partial charge in [-0.1, -0.05) is 12.1 Å². The molecule has 2 aromatic heterocycles. The van der Waals surface area contributed by atoms with Crippen molar-refractivity contribution in [3.05, 3.63) is 41.9 Å². The average Bonchev–Trinajstić information content (AvgIpc) is 2.79. The van der Waals surface area contributed by atoms with Gasteiger partial charge in [0.05, 0.1) is 18.2 Å². The second kappa shape index (κ2) is 4.85. The highest BCUT2D eigenvalue weighted by molar-refractivity contribution is 5.90. The van der Waals surface area contributed by atoms with Crippen LogP contribution in [0, 0.1) is 13.8 Å². The van der Waals surface area contributed by atoms with Crippen molar-refractivity contribution in [1.82, 2.24) is 15.0 Å². The number of aromatic amines is 1. The highest BCUT2D eigenvalue weighted by Crippen LogP contribution is 2.29. The molecule has 0 atom stereocenters. The van der Waals surface area contributed by atoms with Crippen LogP contribution in [-0.4, -0.2) is 22.1 Å². The van der Waals surface area contributed by atoms with E-state index < -0.39 is 0 Å². The van der Waals surface area contributed by atoms with E-state index in [9.17, 15) is 0 Å². The van der Waals surface area contributed by atoms with E-state index in [2.05, 4.69) is 20.3 Å². The first-order chi connectivity index (χ1) is 9.67. The summed E-state index contributed by atoms with van der Waals surface area (Å²) >= 11 is 0. The van der Waals surface area contributed by atoms with Gasteiger partial charge in [-0.3, -0.25) is 0 Å². The molecule has 1 aromatic carbocycles. The molecular formula is C15H16N4O. The Morgan fingerprint density at radius 1 is 1.15 bits per heavy atom. The minimum absolute atomic E-state index is 0.719. The molecule has 0 unspecified atom stereocenters. The van der Waals surface area contributed by atoms with Gasteiger partial charge >= 0.3 is 0 Å². The Labute approximate surface area is 117 Å². The lowest BCUT2D eigenvalue weighted by Gasteiger charge is -2.11. The van der Waals surface area contributed by atoms with Gasteiger partial charge in [0.25, 0.3) is 0 Å². The number of nitrogens with zero attached hydrogens (tertiary/aromatic N) is 2. The number of H-pyrrole nitrogens is 1. The van der Waals surface area contributed by atoms with Crippen LogP contribution in [0.3, 0.4) is 0 Å². The molecule has 2 N–H and O–H groups in total. The lowest BCUT2D eigenvalue weighted by Crippen LogP contribution is -1.99. The van der Waals surface area contributed by atoms with Crippen LogP contribution in [0.5, 0.6) is 5.75 Å². The lowest BCUT2D eigenvalue weighted by molar-refractivity contribution is 0.417. The molecule has 0 fully saturated rings. The van der Waals surface area contributed by atoms with Crippen LogP contribution in [0.2, 0.25) is 0 Å². The fourth-order valence-corrected chi connectivity index (χ4v) is 2.22. The number of nitrogens with one attached hydrogen (secondary N) is 2. The number of fused-ring (bicyclic) bond motifs is 1. The standard InChI is InChI=1S/C15H16N4O/c1-9-8-11-14(16-9)17-10(2)18-15(11)19-12-6-4-5-7-13(12)20-3/h4-8H,1-3H3,(H2,16,17,18,19). The summed E-state index contributed by atoms with van der Waals surface area (Å²) in [7, 11) is 1.65. The van der Waals surface area contributed by atoms with Gasteiger partial charge in [-0.05, 0) is 32.0 Å². The number of para-hydroxylation sites is 2. The largest absolute Gasteiger partial charge is 0.495 e. The third-order valence-corrected chi connectivity index (χ3v) is 3.09. The highest BCUT2D eigenvalue weighted by atomic mass is 16.5. The molecule has 5 nitrogen and oxygen atoms in total. The molecule has 0 aliphatic heterocycles. The van der Waals surface area contributed by atoms with Gasteiger partial charge in [-0.15, -0.1) is 0 Å². The normalized spacial score (nSPS) is 10.8. The van der Waals surface area contributed by atoms with Crippen LogP contribution in [0.25, 0.3) is 11.0 Å². The van der Waals surface area contributed by atoms with Gasteiger partial charge in [-0.25, -0.2) is 9.97 Å². The molecule has 3 aromatic rings. The SMILES string of the molecule is COc1ccccc1Nc1nc(C)nc2[nH]c(C)cc12. The summed E-state index contributed by atoms with van der Waals surface area (Å²) < 4.78 is 5.35. The van der Waals surface area contributed by atoms with Crippen molar-refractivity contribution in [3.8, 4) is 5.75 Å². The summed E-state index contributed by atoms with van der Waals surface area (Å²) in [6.45, 7) is 3.88. The minimum Gasteiger partial charge on any atom is -0.495 e. The van der Waals surface area contributed by atoms with Gasteiger partial charge < -0.3 is 15.0 Å². The van der Waals surface area contributed by atoms with E-state index in [1.807, 2.05) is 44.2 Å². The molecule has 102 valence electrons. The van der Waals surface area contributed by atoms with Crippen molar-refractivity contribution in [2.45, 2.75) is 13.8 Å². The molecule has 20 heavy (non-hydrogen) atoms. The predicted molar refractivity (Wildman–Crippen MR) is 79.6 cm³/mol. The van der Waals surface area contributed by atoms with Crippen LogP contribution >= 0.6 is 0 Å². The second-order valence-corrected chi connectivity index (χ2v) is 4.66. The summed E-state index contributed by atoms with van der Waals surface area (Å²) in [4.78, 5) is 12.1. The van der Waals surface area contributed by atoms with Crippen LogP contribution in [0.15, 0.2) is 30.3 Å². The Bertz CT molecular complexity index is 764. The average molecular weight is 268 g/mol. The van der Waals surface area contributed by atoms with E-state index in [1.54, 1.807) is 7.11 Å². The Hall–Kier alpha value is -2.56. The van der Waals surface area contributed by atoms with Crippen LogP contribution in [0.4, 0.5) is 11.5 Å². The van der Waals surface area contributed by atoms with E-state index in [-0.39, 0.29) is 0 Å². The van der Waals surface area contributed by atoms with Crippen molar-refractivity contribution < 1.29 is 4.74 Å². The van der Waals surface area contributed by atoms with E-state index in [1.165, 1.54) is 0 Å². The van der Waals surface area contributed by atoms with Gasteiger partial charge in [0, 0.05) is 5.69 Å². The number of ether oxygens (including phenoxy) is 1. The first-order valence-electron chi connectivity index (χ1n) is 6.41. The predicted octanol–water partition coefficient (Wildman–Crippen LogP) is 3.33. The fourth-order valence-electron chi connectivity index (χ4n) is 2.22. The second-order valence-electron chi connectivity index (χ2n) is 4.66. The van der Waals surface area contributed by atoms with Crippen molar-refractivity contribution in [1.29, 1.82) is 0 Å². The summed E-state index contributed by atoms with van der Waals surface area (Å²) in [5, 5.41) is 4.30. The topological polar surface area (TPSA) is 62.8 Å². The van der Waals surface area contributed by atoms with Crippen molar-refractivity contribution in [2.75, 3.05) is 12.4 Å². The molecular weight excluding hydrogens is 252 g/mol. The molecule has 0 saturated carbocycles. The number of hydrogen-bond acceptors (Lipinski definition) is 4. The molecule has 5 heteroatoms. The fraction of sp³-hybridized carbons (Fsp3) is 0.200. The molecule has 0 saturated heterocycles. The molecule has 0 spiro atoms. The van der Waals surface area contributed by atoms with Crippen LogP contribution in [0.1, 0.15) is 11.5 Å². The number of aryl methyl sites for hydroxylation is 2. The zero-order valence-electron chi connectivity index (χ0n) is 11.7. The van der Waals surface area contributed by atoms with Crippen molar-refractivity contribution in [2.24, 2.45) is 0 Å². The molecule has 0 radical (unpaired) electrons. The lowest BCUT2D eigenvalue weighted by atomic mass is 10.2. The number of methoxy groups -OCH3 is 1. The zero-order valence-corrected chi connectivity index (χ0v) is 11.7. The third kappa shape index (κ3) is 2.18. The van der Waals surface area contributed by atoms with E-state index in [4.69, 9.17) is 4.74 Å². The maximum atomic E-state index is 5.35. The summed E-state index contributed by atoms with van der Waals surface area (Å²) in [6.07, 6.45) is 0. The van der Waals surface area contributed by atoms with Gasteiger partial charge in [0.1, 0.15) is 23.0 Å². The number of anilines is 2. The third-order valence-electron chi connectivity index (χ3n) is 3.09. The van der Waals surface area contributed by atoms with Gasteiger partial charge in [0.15, 0.2) is 0 Å². The number of aromatic nitrogens is 3. The van der Waals surface area contributed by atoms with Crippen molar-refractivity contribution in [3.63, 3.8) is 0 Å². The number of rotatable bonds is 3. The molecule has 2 heterocycles. The van der Waals surface area contributed by atoms with Gasteiger partial charge in [-0.2, -0.15) is 0 Å². The smallest absolute Gasteiger partial charge is 0.143 e. The maximum absolute atomic E-state index is 5.35. The number of hydrogen-bond donors (Lipinski definition) is 2.